The molecule has 0 radical (unpaired) electrons. The van der Waals surface area contributed by atoms with Crippen molar-refractivity contribution in [3.63, 3.8) is 0 Å². The second-order valence-electron chi connectivity index (χ2n) is 6.85. The van der Waals surface area contributed by atoms with E-state index in [4.69, 9.17) is 0 Å². The summed E-state index contributed by atoms with van der Waals surface area (Å²) in [5, 5.41) is 6.43. The molecule has 1 aromatic carbocycles. The molecule has 0 saturated carbocycles. The average Bonchev–Trinajstić information content (AvgIpc) is 2.68. The molecule has 146 valence electrons. The largest absolute Gasteiger partial charge is 0.354 e. The summed E-state index contributed by atoms with van der Waals surface area (Å²) in [6, 6.07) is 12.5. The highest BCUT2D eigenvalue weighted by Crippen LogP contribution is 2.23. The Morgan fingerprint density at radius 1 is 1.04 bits per heavy atom. The summed E-state index contributed by atoms with van der Waals surface area (Å²) in [5.74, 6) is 0.831. The van der Waals surface area contributed by atoms with Crippen LogP contribution in [0.15, 0.2) is 48.7 Å². The van der Waals surface area contributed by atoms with Gasteiger partial charge in [-0.15, -0.1) is 0 Å². The lowest BCUT2D eigenvalue weighted by atomic mass is 10.2. The van der Waals surface area contributed by atoms with E-state index in [-0.39, 0.29) is 5.82 Å². The molecule has 2 aromatic heterocycles. The summed E-state index contributed by atoms with van der Waals surface area (Å²) in [7, 11) is 4.09. The third-order valence-electron chi connectivity index (χ3n) is 4.16. The van der Waals surface area contributed by atoms with E-state index >= 15 is 0 Å². The predicted octanol–water partition coefficient (Wildman–Crippen LogP) is 4.09. The van der Waals surface area contributed by atoms with Crippen LogP contribution in [-0.4, -0.2) is 47.0 Å². The number of pyridine rings is 1. The molecule has 0 unspecified atom stereocenters. The van der Waals surface area contributed by atoms with Crippen molar-refractivity contribution in [3.8, 4) is 11.4 Å². The second-order valence-corrected chi connectivity index (χ2v) is 6.85. The minimum Gasteiger partial charge on any atom is -0.354 e. The van der Waals surface area contributed by atoms with Crippen molar-refractivity contribution >= 4 is 17.5 Å². The lowest BCUT2D eigenvalue weighted by Gasteiger charge is -2.13. The van der Waals surface area contributed by atoms with Crippen LogP contribution in [0.4, 0.5) is 21.8 Å². The van der Waals surface area contributed by atoms with Crippen LogP contribution in [0.5, 0.6) is 0 Å². The van der Waals surface area contributed by atoms with Gasteiger partial charge in [-0.25, -0.2) is 9.37 Å². The first-order valence-electron chi connectivity index (χ1n) is 9.23. The molecule has 0 atom stereocenters. The fourth-order valence-electron chi connectivity index (χ4n) is 2.65. The molecule has 7 heteroatoms. The van der Waals surface area contributed by atoms with Gasteiger partial charge in [0.15, 0.2) is 0 Å². The topological polar surface area (TPSA) is 66.0 Å². The van der Waals surface area contributed by atoms with Gasteiger partial charge in [-0.2, -0.15) is 4.98 Å². The number of aromatic nitrogens is 3. The smallest absolute Gasteiger partial charge is 0.225 e. The number of halogens is 1. The Hall–Kier alpha value is -3.06. The van der Waals surface area contributed by atoms with Crippen molar-refractivity contribution < 1.29 is 4.39 Å². The standard InChI is InChI=1S/C21H25FN6/c1-15-8-9-16(13-17(15)22)25-20-14-19(18-7-4-5-10-23-18)26-21(27-20)24-11-6-12-28(2)3/h4-5,7-10,13-14H,6,11-12H2,1-3H3,(H2,24,25,26,27). The summed E-state index contributed by atoms with van der Waals surface area (Å²) in [6.45, 7) is 3.46. The van der Waals surface area contributed by atoms with Crippen molar-refractivity contribution in [2.75, 3.05) is 37.8 Å². The van der Waals surface area contributed by atoms with Crippen molar-refractivity contribution in [1.82, 2.24) is 19.9 Å². The van der Waals surface area contributed by atoms with Gasteiger partial charge in [-0.1, -0.05) is 12.1 Å². The third kappa shape index (κ3) is 5.47. The fraction of sp³-hybridized carbons (Fsp3) is 0.286. The third-order valence-corrected chi connectivity index (χ3v) is 4.16. The Morgan fingerprint density at radius 3 is 2.61 bits per heavy atom. The maximum absolute atomic E-state index is 13.9. The van der Waals surface area contributed by atoms with Crippen LogP contribution in [0.25, 0.3) is 11.4 Å². The minimum atomic E-state index is -0.258. The predicted molar refractivity (Wildman–Crippen MR) is 111 cm³/mol. The quantitative estimate of drug-likeness (QED) is 0.574. The Kier molecular flexibility index (Phi) is 6.49. The molecule has 28 heavy (non-hydrogen) atoms. The van der Waals surface area contributed by atoms with Crippen LogP contribution in [0.1, 0.15) is 12.0 Å². The molecule has 0 fully saturated rings. The van der Waals surface area contributed by atoms with E-state index in [1.54, 1.807) is 19.2 Å². The molecular weight excluding hydrogens is 355 g/mol. The van der Waals surface area contributed by atoms with Crippen LogP contribution < -0.4 is 10.6 Å². The molecule has 0 saturated heterocycles. The van der Waals surface area contributed by atoms with E-state index in [2.05, 4.69) is 30.5 Å². The maximum Gasteiger partial charge on any atom is 0.225 e. The monoisotopic (exact) mass is 380 g/mol. The number of rotatable bonds is 8. The highest BCUT2D eigenvalue weighted by Gasteiger charge is 2.09. The molecule has 6 nitrogen and oxygen atoms in total. The Balaban J connectivity index is 1.85. The zero-order valence-corrected chi connectivity index (χ0v) is 16.4. The first-order chi connectivity index (χ1) is 13.5. The van der Waals surface area contributed by atoms with Gasteiger partial charge in [-0.3, -0.25) is 4.98 Å². The number of anilines is 3. The molecule has 0 aliphatic carbocycles. The van der Waals surface area contributed by atoms with Crippen molar-refractivity contribution in [2.45, 2.75) is 13.3 Å². The van der Waals surface area contributed by atoms with E-state index < -0.39 is 0 Å². The highest BCUT2D eigenvalue weighted by atomic mass is 19.1. The molecule has 2 heterocycles. The average molecular weight is 380 g/mol. The molecule has 0 aliphatic heterocycles. The van der Waals surface area contributed by atoms with Crippen LogP contribution in [0.3, 0.4) is 0 Å². The summed E-state index contributed by atoms with van der Waals surface area (Å²) < 4.78 is 13.9. The maximum atomic E-state index is 13.9. The summed E-state index contributed by atoms with van der Waals surface area (Å²) in [4.78, 5) is 15.6. The van der Waals surface area contributed by atoms with Gasteiger partial charge >= 0.3 is 0 Å². The first kappa shape index (κ1) is 19.7. The molecular formula is C21H25FN6. The number of hydrogen-bond donors (Lipinski definition) is 2. The van der Waals surface area contributed by atoms with Gasteiger partial charge in [0.2, 0.25) is 5.95 Å². The molecule has 0 amide bonds. The molecule has 0 spiro atoms. The Morgan fingerprint density at radius 2 is 1.89 bits per heavy atom. The van der Waals surface area contributed by atoms with E-state index in [9.17, 15) is 4.39 Å². The van der Waals surface area contributed by atoms with E-state index in [1.807, 2.05) is 44.4 Å². The van der Waals surface area contributed by atoms with Crippen molar-refractivity contribution in [2.24, 2.45) is 0 Å². The van der Waals surface area contributed by atoms with Gasteiger partial charge in [0, 0.05) is 24.5 Å². The van der Waals surface area contributed by atoms with Gasteiger partial charge in [0.1, 0.15) is 11.6 Å². The zero-order chi connectivity index (χ0) is 19.9. The molecule has 0 bridgehead atoms. The summed E-state index contributed by atoms with van der Waals surface area (Å²) in [6.07, 6.45) is 2.69. The Labute approximate surface area is 164 Å². The van der Waals surface area contributed by atoms with Crippen LogP contribution >= 0.6 is 0 Å². The van der Waals surface area contributed by atoms with Gasteiger partial charge in [-0.05, 0) is 63.8 Å². The van der Waals surface area contributed by atoms with Gasteiger partial charge in [0.25, 0.3) is 0 Å². The van der Waals surface area contributed by atoms with Crippen LogP contribution in [-0.2, 0) is 0 Å². The number of benzene rings is 1. The minimum absolute atomic E-state index is 0.258. The zero-order valence-electron chi connectivity index (χ0n) is 16.4. The summed E-state index contributed by atoms with van der Waals surface area (Å²) >= 11 is 0. The van der Waals surface area contributed by atoms with Crippen molar-refractivity contribution in [1.29, 1.82) is 0 Å². The van der Waals surface area contributed by atoms with Crippen LogP contribution in [0.2, 0.25) is 0 Å². The SMILES string of the molecule is Cc1ccc(Nc2cc(-c3ccccn3)nc(NCCCN(C)C)n2)cc1F. The van der Waals surface area contributed by atoms with Gasteiger partial charge in [0.05, 0.1) is 11.4 Å². The normalized spacial score (nSPS) is 10.9. The molecule has 3 aromatic rings. The second kappa shape index (κ2) is 9.23. The van der Waals surface area contributed by atoms with E-state index in [1.165, 1.54) is 6.07 Å². The van der Waals surface area contributed by atoms with Gasteiger partial charge < -0.3 is 15.5 Å². The lowest BCUT2D eigenvalue weighted by Crippen LogP contribution is -2.17. The number of nitrogens with one attached hydrogen (secondary N) is 2. The first-order valence-corrected chi connectivity index (χ1v) is 9.23. The molecule has 0 aliphatic rings. The summed E-state index contributed by atoms with van der Waals surface area (Å²) in [5.41, 5.74) is 2.68. The van der Waals surface area contributed by atoms with E-state index in [0.29, 0.717) is 28.7 Å². The number of nitrogens with zero attached hydrogens (tertiary/aromatic N) is 4. The number of aryl methyl sites for hydroxylation is 1. The Bertz CT molecular complexity index is 914. The van der Waals surface area contributed by atoms with Crippen LogP contribution in [0, 0.1) is 12.7 Å². The van der Waals surface area contributed by atoms with Crippen molar-refractivity contribution in [3.05, 3.63) is 60.0 Å². The lowest BCUT2D eigenvalue weighted by molar-refractivity contribution is 0.405. The molecule has 3 rings (SSSR count). The highest BCUT2D eigenvalue weighted by molar-refractivity contribution is 5.65. The number of hydrogen-bond acceptors (Lipinski definition) is 6. The van der Waals surface area contributed by atoms with E-state index in [0.717, 1.165) is 25.2 Å². The molecule has 2 N–H and O–H groups in total. The fourth-order valence-corrected chi connectivity index (χ4v) is 2.65.